The molecule has 1 N–H and O–H groups in total. The van der Waals surface area contributed by atoms with Gasteiger partial charge in [-0.15, -0.1) is 0 Å². The summed E-state index contributed by atoms with van der Waals surface area (Å²) in [4.78, 5) is 0. The standard InChI is InChI=1S/C16H23N/c1-17-15(12-13-8-9-13)16(10-5-11-16)14-6-3-2-4-7-14/h2-4,6-7,13,15,17H,5,8-12H2,1H3. The summed E-state index contributed by atoms with van der Waals surface area (Å²) in [6.45, 7) is 0. The number of rotatable bonds is 5. The third kappa shape index (κ3) is 2.01. The highest BCUT2D eigenvalue weighted by Crippen LogP contribution is 2.49. The molecule has 1 heteroatoms. The predicted molar refractivity (Wildman–Crippen MR) is 72.2 cm³/mol. The van der Waals surface area contributed by atoms with Crippen LogP contribution in [0.4, 0.5) is 0 Å². The van der Waals surface area contributed by atoms with Crippen molar-refractivity contribution < 1.29 is 0 Å². The summed E-state index contributed by atoms with van der Waals surface area (Å²) in [5.74, 6) is 1.01. The molecule has 0 aliphatic heterocycles. The van der Waals surface area contributed by atoms with Crippen LogP contribution in [-0.2, 0) is 5.41 Å². The fraction of sp³-hybridized carbons (Fsp3) is 0.625. The second-order valence-electron chi connectivity index (χ2n) is 5.90. The van der Waals surface area contributed by atoms with Gasteiger partial charge in [0.2, 0.25) is 0 Å². The molecule has 0 bridgehead atoms. The van der Waals surface area contributed by atoms with Crippen LogP contribution in [0.1, 0.15) is 44.1 Å². The second kappa shape index (κ2) is 4.45. The number of nitrogens with one attached hydrogen (secondary N) is 1. The zero-order chi connectivity index (χ0) is 11.7. The van der Waals surface area contributed by atoms with Crippen LogP contribution in [0.3, 0.4) is 0 Å². The number of hydrogen-bond acceptors (Lipinski definition) is 1. The van der Waals surface area contributed by atoms with Gasteiger partial charge in [0.15, 0.2) is 0 Å². The maximum atomic E-state index is 3.61. The lowest BCUT2D eigenvalue weighted by Gasteiger charge is -2.48. The maximum Gasteiger partial charge on any atom is 0.0164 e. The van der Waals surface area contributed by atoms with Crippen LogP contribution in [0.25, 0.3) is 0 Å². The molecule has 3 rings (SSSR count). The van der Waals surface area contributed by atoms with Gasteiger partial charge in [-0.1, -0.05) is 49.6 Å². The SMILES string of the molecule is CNC(CC1CC1)C1(c2ccccc2)CCC1. The van der Waals surface area contributed by atoms with Crippen molar-refractivity contribution in [2.24, 2.45) is 5.92 Å². The maximum absolute atomic E-state index is 3.61. The Hall–Kier alpha value is -0.820. The van der Waals surface area contributed by atoms with Gasteiger partial charge < -0.3 is 5.32 Å². The molecule has 0 amide bonds. The third-order valence-corrected chi connectivity index (χ3v) is 4.88. The minimum atomic E-state index is 0.443. The van der Waals surface area contributed by atoms with Crippen LogP contribution in [0.2, 0.25) is 0 Å². The molecule has 1 aromatic rings. The van der Waals surface area contributed by atoms with Gasteiger partial charge in [-0.2, -0.15) is 0 Å². The fourth-order valence-corrected chi connectivity index (χ4v) is 3.47. The summed E-state index contributed by atoms with van der Waals surface area (Å²) in [5, 5.41) is 3.61. The van der Waals surface area contributed by atoms with Gasteiger partial charge >= 0.3 is 0 Å². The first-order valence-electron chi connectivity index (χ1n) is 7.08. The van der Waals surface area contributed by atoms with E-state index in [2.05, 4.69) is 42.7 Å². The largest absolute Gasteiger partial charge is 0.316 e. The van der Waals surface area contributed by atoms with E-state index in [9.17, 15) is 0 Å². The van der Waals surface area contributed by atoms with E-state index in [1.54, 1.807) is 5.56 Å². The molecule has 0 spiro atoms. The van der Waals surface area contributed by atoms with Gasteiger partial charge in [0.1, 0.15) is 0 Å². The molecule has 92 valence electrons. The summed E-state index contributed by atoms with van der Waals surface area (Å²) in [6, 6.07) is 11.9. The Morgan fingerprint density at radius 3 is 2.41 bits per heavy atom. The smallest absolute Gasteiger partial charge is 0.0164 e. The van der Waals surface area contributed by atoms with Crippen molar-refractivity contribution in [2.75, 3.05) is 7.05 Å². The molecule has 0 aromatic heterocycles. The summed E-state index contributed by atoms with van der Waals surface area (Å²) in [5.41, 5.74) is 2.00. The average molecular weight is 229 g/mol. The molecule has 1 atom stereocenters. The van der Waals surface area contributed by atoms with E-state index in [0.29, 0.717) is 11.5 Å². The zero-order valence-corrected chi connectivity index (χ0v) is 10.8. The number of hydrogen-bond donors (Lipinski definition) is 1. The zero-order valence-electron chi connectivity index (χ0n) is 10.8. The Morgan fingerprint density at radius 2 is 1.94 bits per heavy atom. The van der Waals surface area contributed by atoms with Crippen molar-refractivity contribution in [2.45, 2.75) is 50.0 Å². The van der Waals surface area contributed by atoms with Gasteiger partial charge in [-0.3, -0.25) is 0 Å². The lowest BCUT2D eigenvalue weighted by molar-refractivity contribution is 0.163. The fourth-order valence-electron chi connectivity index (χ4n) is 3.47. The quantitative estimate of drug-likeness (QED) is 0.815. The van der Waals surface area contributed by atoms with Crippen molar-refractivity contribution in [3.8, 4) is 0 Å². The third-order valence-electron chi connectivity index (χ3n) is 4.88. The first-order chi connectivity index (χ1) is 8.35. The minimum absolute atomic E-state index is 0.443. The molecular weight excluding hydrogens is 206 g/mol. The molecule has 2 saturated carbocycles. The van der Waals surface area contributed by atoms with Crippen molar-refractivity contribution >= 4 is 0 Å². The number of likely N-dealkylation sites (N-methyl/N-ethyl adjacent to an activating group) is 1. The number of benzene rings is 1. The normalized spacial score (nSPS) is 24.1. The highest BCUT2D eigenvalue weighted by Gasteiger charge is 2.46. The molecule has 1 unspecified atom stereocenters. The van der Waals surface area contributed by atoms with Crippen LogP contribution in [0, 0.1) is 5.92 Å². The molecule has 2 fully saturated rings. The van der Waals surface area contributed by atoms with Crippen molar-refractivity contribution in [3.63, 3.8) is 0 Å². The van der Waals surface area contributed by atoms with Gasteiger partial charge in [-0.25, -0.2) is 0 Å². The summed E-state index contributed by atoms with van der Waals surface area (Å²) < 4.78 is 0. The van der Waals surface area contributed by atoms with E-state index in [1.165, 1.54) is 38.5 Å². The summed E-state index contributed by atoms with van der Waals surface area (Å²) in [6.07, 6.45) is 8.44. The monoisotopic (exact) mass is 229 g/mol. The molecule has 0 heterocycles. The highest BCUT2D eigenvalue weighted by molar-refractivity contribution is 5.30. The Labute approximate surface area is 105 Å². The van der Waals surface area contributed by atoms with Crippen LogP contribution >= 0.6 is 0 Å². The van der Waals surface area contributed by atoms with Crippen LogP contribution < -0.4 is 5.32 Å². The van der Waals surface area contributed by atoms with E-state index in [0.717, 1.165) is 5.92 Å². The first kappa shape index (κ1) is 11.3. The van der Waals surface area contributed by atoms with E-state index in [-0.39, 0.29) is 0 Å². The Morgan fingerprint density at radius 1 is 1.24 bits per heavy atom. The highest BCUT2D eigenvalue weighted by atomic mass is 14.9. The first-order valence-corrected chi connectivity index (χ1v) is 7.08. The molecule has 0 radical (unpaired) electrons. The molecule has 0 saturated heterocycles. The van der Waals surface area contributed by atoms with Crippen LogP contribution in [-0.4, -0.2) is 13.1 Å². The van der Waals surface area contributed by atoms with E-state index in [1.807, 2.05) is 0 Å². The topological polar surface area (TPSA) is 12.0 Å². The Kier molecular flexibility index (Phi) is 2.96. The Balaban J connectivity index is 1.84. The molecule has 2 aliphatic rings. The van der Waals surface area contributed by atoms with E-state index >= 15 is 0 Å². The summed E-state index contributed by atoms with van der Waals surface area (Å²) in [7, 11) is 2.15. The van der Waals surface area contributed by atoms with Crippen molar-refractivity contribution in [3.05, 3.63) is 35.9 Å². The lowest BCUT2D eigenvalue weighted by Crippen LogP contribution is -2.52. The second-order valence-corrected chi connectivity index (χ2v) is 5.90. The van der Waals surface area contributed by atoms with Crippen LogP contribution in [0.15, 0.2) is 30.3 Å². The molecule has 17 heavy (non-hydrogen) atoms. The van der Waals surface area contributed by atoms with Crippen LogP contribution in [0.5, 0.6) is 0 Å². The minimum Gasteiger partial charge on any atom is -0.316 e. The van der Waals surface area contributed by atoms with Crippen molar-refractivity contribution in [1.82, 2.24) is 5.32 Å². The van der Waals surface area contributed by atoms with Gasteiger partial charge in [0.25, 0.3) is 0 Å². The summed E-state index contributed by atoms with van der Waals surface area (Å²) >= 11 is 0. The van der Waals surface area contributed by atoms with Gasteiger partial charge in [0, 0.05) is 11.5 Å². The van der Waals surface area contributed by atoms with Crippen molar-refractivity contribution in [1.29, 1.82) is 0 Å². The van der Waals surface area contributed by atoms with Gasteiger partial charge in [-0.05, 0) is 37.8 Å². The average Bonchev–Trinajstić information content (AvgIpc) is 3.12. The lowest BCUT2D eigenvalue weighted by atomic mass is 9.59. The van der Waals surface area contributed by atoms with E-state index < -0.39 is 0 Å². The van der Waals surface area contributed by atoms with E-state index in [4.69, 9.17) is 0 Å². The molecular formula is C16H23N. The molecule has 1 nitrogen and oxygen atoms in total. The van der Waals surface area contributed by atoms with Gasteiger partial charge in [0.05, 0.1) is 0 Å². The Bertz CT molecular complexity index is 362. The molecule has 2 aliphatic carbocycles. The molecule has 1 aromatic carbocycles. The predicted octanol–water partition coefficient (Wildman–Crippen LogP) is 3.50.